The van der Waals surface area contributed by atoms with Crippen LogP contribution in [0.2, 0.25) is 0 Å². The summed E-state index contributed by atoms with van der Waals surface area (Å²) in [5.74, 6) is 0. The Bertz CT molecular complexity index is 738. The van der Waals surface area contributed by atoms with Crippen molar-refractivity contribution in [3.05, 3.63) is 82.2 Å². The van der Waals surface area contributed by atoms with Crippen molar-refractivity contribution in [2.75, 3.05) is 6.54 Å². The van der Waals surface area contributed by atoms with E-state index < -0.39 is 6.09 Å². The Morgan fingerprint density at radius 3 is 2.71 bits per heavy atom. The molecule has 0 radical (unpaired) electrons. The minimum atomic E-state index is -0.443. The van der Waals surface area contributed by atoms with E-state index in [4.69, 9.17) is 10.3 Å². The minimum absolute atomic E-state index is 0.252. The van der Waals surface area contributed by atoms with Crippen LogP contribution in [0.5, 0.6) is 0 Å². The highest BCUT2D eigenvalue weighted by molar-refractivity contribution is 5.67. The van der Waals surface area contributed by atoms with Crippen molar-refractivity contribution in [1.29, 1.82) is 0 Å². The zero-order valence-electron chi connectivity index (χ0n) is 13.1. The highest BCUT2D eigenvalue weighted by Crippen LogP contribution is 2.20. The van der Waals surface area contributed by atoms with Gasteiger partial charge < -0.3 is 10.1 Å². The molecule has 0 aliphatic rings. The molecule has 122 valence electrons. The molecule has 0 saturated carbocycles. The topological polar surface area (TPSA) is 87.1 Å². The molecule has 2 aromatic carbocycles. The normalized spacial score (nSPS) is 10.2. The maximum atomic E-state index is 11.6. The lowest BCUT2D eigenvalue weighted by Crippen LogP contribution is -2.24. The van der Waals surface area contributed by atoms with E-state index in [0.29, 0.717) is 18.7 Å². The van der Waals surface area contributed by atoms with E-state index in [9.17, 15) is 4.79 Å². The summed E-state index contributed by atoms with van der Waals surface area (Å²) >= 11 is 0. The average Bonchev–Trinajstić information content (AvgIpc) is 2.62. The fourth-order valence-corrected chi connectivity index (χ4v) is 2.01. The first-order valence-electron chi connectivity index (χ1n) is 7.55. The van der Waals surface area contributed by atoms with Gasteiger partial charge >= 0.3 is 6.09 Å². The number of alkyl carbamates (subject to hydrolysis) is 1. The smallest absolute Gasteiger partial charge is 0.407 e. The molecule has 0 unspecified atom stereocenters. The number of benzene rings is 2. The predicted molar refractivity (Wildman–Crippen MR) is 93.5 cm³/mol. The van der Waals surface area contributed by atoms with Gasteiger partial charge in [-0.15, -0.1) is 0 Å². The zero-order valence-corrected chi connectivity index (χ0v) is 13.1. The van der Waals surface area contributed by atoms with Gasteiger partial charge in [-0.05, 0) is 23.1 Å². The van der Waals surface area contributed by atoms with Crippen molar-refractivity contribution in [3.8, 4) is 0 Å². The summed E-state index contributed by atoms with van der Waals surface area (Å²) in [4.78, 5) is 14.4. The number of ether oxygens (including phenoxy) is 1. The largest absolute Gasteiger partial charge is 0.445 e. The molecular formula is C18H18N4O2. The standard InChI is InChI=1S/C18H18N4O2/c19-22-21-17-12-5-4-10-16(17)11-6-7-13-20-18(23)24-14-15-8-2-1-3-9-15/h1-6,8-12H,7,13-14H2,(H,20,23). The molecule has 0 spiro atoms. The second-order valence-corrected chi connectivity index (χ2v) is 4.93. The highest BCUT2D eigenvalue weighted by atomic mass is 16.5. The third-order valence-electron chi connectivity index (χ3n) is 3.18. The fraction of sp³-hybridized carbons (Fsp3) is 0.167. The third kappa shape index (κ3) is 5.87. The Hall–Kier alpha value is -3.24. The number of rotatable bonds is 7. The Labute approximate surface area is 140 Å². The summed E-state index contributed by atoms with van der Waals surface area (Å²) in [5, 5.41) is 6.31. The zero-order chi connectivity index (χ0) is 17.0. The minimum Gasteiger partial charge on any atom is -0.445 e. The summed E-state index contributed by atoms with van der Waals surface area (Å²) < 4.78 is 5.11. The lowest BCUT2D eigenvalue weighted by molar-refractivity contribution is 0.140. The van der Waals surface area contributed by atoms with E-state index in [2.05, 4.69) is 15.3 Å². The number of carbonyl (C=O) groups excluding carboxylic acids is 1. The van der Waals surface area contributed by atoms with E-state index in [1.54, 1.807) is 6.07 Å². The third-order valence-corrected chi connectivity index (χ3v) is 3.18. The van der Waals surface area contributed by atoms with Crippen LogP contribution in [0.25, 0.3) is 16.5 Å². The number of carbonyl (C=O) groups is 1. The van der Waals surface area contributed by atoms with Crippen molar-refractivity contribution in [2.45, 2.75) is 13.0 Å². The molecule has 0 atom stereocenters. The molecule has 0 aliphatic carbocycles. The van der Waals surface area contributed by atoms with Gasteiger partial charge in [0.1, 0.15) is 6.61 Å². The molecule has 0 aliphatic heterocycles. The first-order valence-corrected chi connectivity index (χ1v) is 7.55. The van der Waals surface area contributed by atoms with Gasteiger partial charge in [-0.3, -0.25) is 0 Å². The summed E-state index contributed by atoms with van der Waals surface area (Å²) in [6, 6.07) is 16.8. The van der Waals surface area contributed by atoms with Gasteiger partial charge in [0.25, 0.3) is 0 Å². The first kappa shape index (κ1) is 17.1. The molecule has 24 heavy (non-hydrogen) atoms. The van der Waals surface area contributed by atoms with E-state index in [0.717, 1.165) is 11.1 Å². The van der Waals surface area contributed by atoms with Crippen LogP contribution in [0.3, 0.4) is 0 Å². The van der Waals surface area contributed by atoms with Gasteiger partial charge in [0.15, 0.2) is 0 Å². The van der Waals surface area contributed by atoms with E-state index >= 15 is 0 Å². The van der Waals surface area contributed by atoms with Crippen LogP contribution in [0, 0.1) is 0 Å². The van der Waals surface area contributed by atoms with Crippen molar-refractivity contribution in [3.63, 3.8) is 0 Å². The maximum Gasteiger partial charge on any atom is 0.407 e. The van der Waals surface area contributed by atoms with Gasteiger partial charge in [0, 0.05) is 17.1 Å². The van der Waals surface area contributed by atoms with Gasteiger partial charge in [0.2, 0.25) is 0 Å². The van der Waals surface area contributed by atoms with Crippen LogP contribution in [-0.4, -0.2) is 12.6 Å². The summed E-state index contributed by atoms with van der Waals surface area (Å²) in [5.41, 5.74) is 10.9. The SMILES string of the molecule is [N-]=[N+]=Nc1ccccc1C=CCCNC(=O)OCc1ccccc1. The second kappa shape index (κ2) is 9.71. The molecule has 6 heteroatoms. The lowest BCUT2D eigenvalue weighted by Gasteiger charge is -2.06. The van der Waals surface area contributed by atoms with Gasteiger partial charge in [-0.1, -0.05) is 71.9 Å². The van der Waals surface area contributed by atoms with Crippen molar-refractivity contribution < 1.29 is 9.53 Å². The molecule has 0 heterocycles. The van der Waals surface area contributed by atoms with Crippen molar-refractivity contribution >= 4 is 17.9 Å². The number of hydrogen-bond donors (Lipinski definition) is 1. The monoisotopic (exact) mass is 322 g/mol. The lowest BCUT2D eigenvalue weighted by atomic mass is 10.1. The maximum absolute atomic E-state index is 11.6. The molecule has 0 saturated heterocycles. The molecule has 0 fully saturated rings. The predicted octanol–water partition coefficient (Wildman–Crippen LogP) is 4.96. The number of nitrogens with zero attached hydrogens (tertiary/aromatic N) is 3. The summed E-state index contributed by atoms with van der Waals surface area (Å²) in [6.07, 6.45) is 3.97. The highest BCUT2D eigenvalue weighted by Gasteiger charge is 2.00. The van der Waals surface area contributed by atoms with Crippen LogP contribution in [0.1, 0.15) is 17.5 Å². The van der Waals surface area contributed by atoms with E-state index in [-0.39, 0.29) is 6.61 Å². The quantitative estimate of drug-likeness (QED) is 0.338. The van der Waals surface area contributed by atoms with Crippen LogP contribution in [-0.2, 0) is 11.3 Å². The Morgan fingerprint density at radius 1 is 1.17 bits per heavy atom. The van der Waals surface area contributed by atoms with Gasteiger partial charge in [-0.25, -0.2) is 4.79 Å². The van der Waals surface area contributed by atoms with Crippen LogP contribution in [0.15, 0.2) is 65.8 Å². The molecular weight excluding hydrogens is 304 g/mol. The summed E-state index contributed by atoms with van der Waals surface area (Å²) in [7, 11) is 0. The van der Waals surface area contributed by atoms with Crippen LogP contribution in [0.4, 0.5) is 10.5 Å². The number of amides is 1. The molecule has 0 aromatic heterocycles. The number of nitrogens with one attached hydrogen (secondary N) is 1. The molecule has 6 nitrogen and oxygen atoms in total. The molecule has 0 bridgehead atoms. The summed E-state index contributed by atoms with van der Waals surface area (Å²) in [6.45, 7) is 0.718. The number of hydrogen-bond acceptors (Lipinski definition) is 3. The molecule has 1 N–H and O–H groups in total. The second-order valence-electron chi connectivity index (χ2n) is 4.93. The van der Waals surface area contributed by atoms with Gasteiger partial charge in [0.05, 0.1) is 0 Å². The van der Waals surface area contributed by atoms with Crippen molar-refractivity contribution in [2.24, 2.45) is 5.11 Å². The molecule has 1 amide bonds. The Balaban J connectivity index is 1.71. The number of azide groups is 1. The molecule has 2 rings (SSSR count). The Kier molecular flexibility index (Phi) is 6.93. The van der Waals surface area contributed by atoms with E-state index in [1.807, 2.05) is 60.7 Å². The van der Waals surface area contributed by atoms with Gasteiger partial charge in [-0.2, -0.15) is 0 Å². The molecule has 2 aromatic rings. The van der Waals surface area contributed by atoms with Crippen molar-refractivity contribution in [1.82, 2.24) is 5.32 Å². The van der Waals surface area contributed by atoms with Crippen LogP contribution < -0.4 is 5.32 Å². The Morgan fingerprint density at radius 2 is 1.92 bits per heavy atom. The average molecular weight is 322 g/mol. The first-order chi connectivity index (χ1) is 11.8. The van der Waals surface area contributed by atoms with Crippen LogP contribution >= 0.6 is 0 Å². The fourth-order valence-electron chi connectivity index (χ4n) is 2.01. The van der Waals surface area contributed by atoms with E-state index in [1.165, 1.54) is 0 Å².